The Morgan fingerprint density at radius 3 is 2.65 bits per heavy atom. The number of hydrogen-bond acceptors (Lipinski definition) is 3. The lowest BCUT2D eigenvalue weighted by Gasteiger charge is -1.96. The Balaban J connectivity index is 1.77. The highest BCUT2D eigenvalue weighted by Gasteiger charge is 2.30. The molecule has 1 fully saturated rings. The molecule has 0 radical (unpaired) electrons. The van der Waals surface area contributed by atoms with Crippen molar-refractivity contribution in [3.63, 3.8) is 0 Å². The maximum absolute atomic E-state index is 12.1. The van der Waals surface area contributed by atoms with E-state index in [1.54, 1.807) is 0 Å². The van der Waals surface area contributed by atoms with E-state index >= 15 is 0 Å². The van der Waals surface area contributed by atoms with Gasteiger partial charge in [0.05, 0.1) is 0 Å². The van der Waals surface area contributed by atoms with Gasteiger partial charge in [0.2, 0.25) is 5.89 Å². The summed E-state index contributed by atoms with van der Waals surface area (Å²) in [5.41, 5.74) is 3.15. The first-order valence-corrected chi connectivity index (χ1v) is 6.81. The molecule has 0 N–H and O–H groups in total. The first kappa shape index (κ1) is 11.4. The number of carbonyl (C=O) groups excluding carboxylic acids is 1. The van der Waals surface area contributed by atoms with Crippen molar-refractivity contribution in [2.24, 2.45) is 5.92 Å². The Morgan fingerprint density at radius 1 is 1.10 bits per heavy atom. The van der Waals surface area contributed by atoms with Crippen LogP contribution in [0, 0.1) is 5.92 Å². The third-order valence-corrected chi connectivity index (χ3v) is 3.64. The molecule has 98 valence electrons. The number of ketones is 1. The number of Topliss-reactive ketones (excluding diaryl/α,β-unsaturated/α-hetero) is 1. The lowest BCUT2D eigenvalue weighted by Crippen LogP contribution is -2.00. The van der Waals surface area contributed by atoms with Gasteiger partial charge in [-0.25, -0.2) is 4.98 Å². The van der Waals surface area contributed by atoms with Gasteiger partial charge in [-0.15, -0.1) is 0 Å². The summed E-state index contributed by atoms with van der Waals surface area (Å²) in [5, 5.41) is 0. The molecule has 0 saturated heterocycles. The van der Waals surface area contributed by atoms with Gasteiger partial charge in [-0.05, 0) is 43.2 Å². The Bertz CT molecular complexity index is 785. The van der Waals surface area contributed by atoms with Crippen LogP contribution in [0.5, 0.6) is 0 Å². The zero-order chi connectivity index (χ0) is 13.5. The Kier molecular flexibility index (Phi) is 2.46. The van der Waals surface area contributed by atoms with E-state index < -0.39 is 0 Å². The molecule has 4 rings (SSSR count). The first-order chi connectivity index (χ1) is 9.81. The summed E-state index contributed by atoms with van der Waals surface area (Å²) in [6.45, 7) is 0. The second-order valence-corrected chi connectivity index (χ2v) is 5.21. The number of fused-ring (bicyclic) bond motifs is 1. The van der Waals surface area contributed by atoms with Crippen molar-refractivity contribution in [1.29, 1.82) is 0 Å². The highest BCUT2D eigenvalue weighted by atomic mass is 16.3. The van der Waals surface area contributed by atoms with Crippen LogP contribution in [0.4, 0.5) is 0 Å². The molecule has 1 saturated carbocycles. The molecule has 1 heterocycles. The fraction of sp³-hybridized carbons (Fsp3) is 0.176. The predicted octanol–water partition coefficient (Wildman–Crippen LogP) is 4.09. The third-order valence-electron chi connectivity index (χ3n) is 3.64. The first-order valence-electron chi connectivity index (χ1n) is 6.81. The van der Waals surface area contributed by atoms with Crippen LogP contribution in [0.25, 0.3) is 22.6 Å². The normalized spacial score (nSPS) is 14.6. The fourth-order valence-corrected chi connectivity index (χ4v) is 2.37. The van der Waals surface area contributed by atoms with Crippen molar-refractivity contribution in [2.45, 2.75) is 12.8 Å². The molecular weight excluding hydrogens is 250 g/mol. The van der Waals surface area contributed by atoms with Crippen LogP contribution in [0.3, 0.4) is 0 Å². The smallest absolute Gasteiger partial charge is 0.227 e. The van der Waals surface area contributed by atoms with Crippen LogP contribution < -0.4 is 0 Å². The number of benzene rings is 2. The summed E-state index contributed by atoms with van der Waals surface area (Å²) in [6.07, 6.45) is 2.04. The average molecular weight is 263 g/mol. The molecule has 20 heavy (non-hydrogen) atoms. The van der Waals surface area contributed by atoms with Crippen LogP contribution in [0.15, 0.2) is 52.9 Å². The minimum absolute atomic E-state index is 0.230. The summed E-state index contributed by atoms with van der Waals surface area (Å²) in [6, 6.07) is 15.3. The molecule has 2 aromatic carbocycles. The standard InChI is InChI=1S/C17H13NO2/c19-16(11-6-7-11)13-8-9-15-14(10-13)18-17(20-15)12-4-2-1-3-5-12/h1-5,8-11H,6-7H2. The van der Waals surface area contributed by atoms with E-state index in [1.165, 1.54) is 0 Å². The van der Waals surface area contributed by atoms with Gasteiger partial charge in [-0.1, -0.05) is 18.2 Å². The molecule has 3 aromatic rings. The van der Waals surface area contributed by atoms with Crippen LogP contribution in [-0.4, -0.2) is 10.8 Å². The Morgan fingerprint density at radius 2 is 1.90 bits per heavy atom. The minimum Gasteiger partial charge on any atom is -0.436 e. The van der Waals surface area contributed by atoms with E-state index in [4.69, 9.17) is 4.42 Å². The van der Waals surface area contributed by atoms with Gasteiger partial charge in [0, 0.05) is 17.0 Å². The summed E-state index contributed by atoms with van der Waals surface area (Å²) >= 11 is 0. The van der Waals surface area contributed by atoms with E-state index in [9.17, 15) is 4.79 Å². The summed E-state index contributed by atoms with van der Waals surface area (Å²) in [7, 11) is 0. The number of nitrogens with zero attached hydrogens (tertiary/aromatic N) is 1. The molecule has 0 atom stereocenters. The van der Waals surface area contributed by atoms with Crippen LogP contribution >= 0.6 is 0 Å². The quantitative estimate of drug-likeness (QED) is 0.668. The predicted molar refractivity (Wildman–Crippen MR) is 76.5 cm³/mol. The molecule has 3 nitrogen and oxygen atoms in total. The lowest BCUT2D eigenvalue weighted by atomic mass is 10.1. The Labute approximate surface area is 116 Å². The third kappa shape index (κ3) is 1.92. The van der Waals surface area contributed by atoms with E-state index in [1.807, 2.05) is 48.5 Å². The largest absolute Gasteiger partial charge is 0.436 e. The summed E-state index contributed by atoms with van der Waals surface area (Å²) in [5.74, 6) is 1.06. The molecule has 0 bridgehead atoms. The number of oxazole rings is 1. The summed E-state index contributed by atoms with van der Waals surface area (Å²) < 4.78 is 5.74. The Hall–Kier alpha value is -2.42. The SMILES string of the molecule is O=C(c1ccc2oc(-c3ccccc3)nc2c1)C1CC1. The van der Waals surface area contributed by atoms with Gasteiger partial charge in [0.1, 0.15) is 5.52 Å². The minimum atomic E-state index is 0.230. The van der Waals surface area contributed by atoms with Crippen molar-refractivity contribution in [3.8, 4) is 11.5 Å². The molecule has 0 spiro atoms. The van der Waals surface area contributed by atoms with Crippen molar-refractivity contribution in [3.05, 3.63) is 54.1 Å². The fourth-order valence-electron chi connectivity index (χ4n) is 2.37. The molecule has 0 amide bonds. The molecular formula is C17H13NO2. The van der Waals surface area contributed by atoms with E-state index in [0.29, 0.717) is 5.89 Å². The van der Waals surface area contributed by atoms with Crippen LogP contribution in [-0.2, 0) is 0 Å². The van der Waals surface area contributed by atoms with Crippen LogP contribution in [0.2, 0.25) is 0 Å². The van der Waals surface area contributed by atoms with E-state index in [2.05, 4.69) is 4.98 Å². The topological polar surface area (TPSA) is 43.1 Å². The molecule has 0 aliphatic heterocycles. The van der Waals surface area contributed by atoms with Crippen molar-refractivity contribution in [1.82, 2.24) is 4.98 Å². The molecule has 1 aliphatic carbocycles. The number of aromatic nitrogens is 1. The van der Waals surface area contributed by atoms with Crippen molar-refractivity contribution >= 4 is 16.9 Å². The zero-order valence-corrected chi connectivity index (χ0v) is 10.9. The highest BCUT2D eigenvalue weighted by molar-refractivity contribution is 6.01. The number of hydrogen-bond donors (Lipinski definition) is 0. The monoisotopic (exact) mass is 263 g/mol. The van der Waals surface area contributed by atoms with Crippen molar-refractivity contribution < 1.29 is 9.21 Å². The maximum atomic E-state index is 12.1. The maximum Gasteiger partial charge on any atom is 0.227 e. The molecule has 0 unspecified atom stereocenters. The number of rotatable bonds is 3. The lowest BCUT2D eigenvalue weighted by molar-refractivity contribution is 0.0968. The number of carbonyl (C=O) groups is 1. The van der Waals surface area contributed by atoms with Crippen molar-refractivity contribution in [2.75, 3.05) is 0 Å². The summed E-state index contributed by atoms with van der Waals surface area (Å²) in [4.78, 5) is 16.6. The molecule has 1 aliphatic rings. The molecule has 3 heteroatoms. The zero-order valence-electron chi connectivity index (χ0n) is 10.9. The van der Waals surface area contributed by atoms with Gasteiger partial charge in [-0.2, -0.15) is 0 Å². The molecule has 1 aromatic heterocycles. The van der Waals surface area contributed by atoms with Gasteiger partial charge < -0.3 is 4.42 Å². The van der Waals surface area contributed by atoms with Gasteiger partial charge in [-0.3, -0.25) is 4.79 Å². The second-order valence-electron chi connectivity index (χ2n) is 5.21. The average Bonchev–Trinajstić information content (AvgIpc) is 3.25. The van der Waals surface area contributed by atoms with Gasteiger partial charge >= 0.3 is 0 Å². The van der Waals surface area contributed by atoms with E-state index in [-0.39, 0.29) is 11.7 Å². The second kappa shape index (κ2) is 4.30. The van der Waals surface area contributed by atoms with Crippen LogP contribution in [0.1, 0.15) is 23.2 Å². The van der Waals surface area contributed by atoms with E-state index in [0.717, 1.165) is 35.1 Å². The van der Waals surface area contributed by atoms with Gasteiger partial charge in [0.25, 0.3) is 0 Å². The highest BCUT2D eigenvalue weighted by Crippen LogP contribution is 2.33. The van der Waals surface area contributed by atoms with Gasteiger partial charge in [0.15, 0.2) is 11.4 Å².